The number of amides is 1. The Hall–Kier alpha value is -4.80. The SMILES string of the molecule is [C-]#[N+]C12CC(C)(C(=O)Nc3nc(Cc4ccc(-c5ccc(N)nc5)cc4)cs3)C(c3ccccc31)c1ccccc12. The number of nitrogens with zero attached hydrogens (tertiary/aromatic N) is 3. The standard InChI is InChI=1S/C34H27N5OS/c1-33(20-34(36-2)27-9-5-3-7-25(27)30(33)26-8-4-6-10-28(26)34)31(40)39-32-38-24(19-41-32)17-21-11-13-22(14-12-21)23-15-16-29(35)37-18-23/h3-16,18-19,30H,17,20H2,1H3,(H2,35,37)(H,38,39,40). The predicted octanol–water partition coefficient (Wildman–Crippen LogP) is 7.03. The molecule has 41 heavy (non-hydrogen) atoms. The van der Waals surface area contributed by atoms with Gasteiger partial charge >= 0.3 is 0 Å². The van der Waals surface area contributed by atoms with Gasteiger partial charge in [0.05, 0.1) is 11.1 Å². The summed E-state index contributed by atoms with van der Waals surface area (Å²) in [6, 6.07) is 28.3. The molecule has 7 heteroatoms. The lowest BCUT2D eigenvalue weighted by Crippen LogP contribution is -2.53. The summed E-state index contributed by atoms with van der Waals surface area (Å²) in [5, 5.41) is 5.70. The highest BCUT2D eigenvalue weighted by atomic mass is 32.1. The quantitative estimate of drug-likeness (QED) is 0.229. The Kier molecular flexibility index (Phi) is 5.77. The highest BCUT2D eigenvalue weighted by Gasteiger charge is 2.64. The molecule has 6 nitrogen and oxygen atoms in total. The second-order valence-corrected chi connectivity index (χ2v) is 12.0. The number of aromatic nitrogens is 2. The van der Waals surface area contributed by atoms with E-state index >= 15 is 0 Å². The maximum absolute atomic E-state index is 14.1. The number of anilines is 2. The van der Waals surface area contributed by atoms with E-state index in [1.807, 2.05) is 42.6 Å². The van der Waals surface area contributed by atoms with E-state index in [1.54, 1.807) is 12.3 Å². The first-order valence-corrected chi connectivity index (χ1v) is 14.4. The van der Waals surface area contributed by atoms with Gasteiger partial charge in [0, 0.05) is 47.0 Å². The minimum Gasteiger partial charge on any atom is -0.384 e. The second-order valence-electron chi connectivity index (χ2n) is 11.1. The molecule has 0 saturated heterocycles. The highest BCUT2D eigenvalue weighted by molar-refractivity contribution is 7.13. The molecule has 3 aliphatic rings. The Morgan fingerprint density at radius 3 is 2.29 bits per heavy atom. The van der Waals surface area contributed by atoms with E-state index in [0.717, 1.165) is 44.6 Å². The lowest BCUT2D eigenvalue weighted by molar-refractivity contribution is -0.127. The van der Waals surface area contributed by atoms with Crippen LogP contribution in [0.3, 0.4) is 0 Å². The molecule has 3 aliphatic carbocycles. The van der Waals surface area contributed by atoms with Gasteiger partial charge in [-0.15, -0.1) is 11.3 Å². The van der Waals surface area contributed by atoms with Gasteiger partial charge in [0.25, 0.3) is 5.54 Å². The topological polar surface area (TPSA) is 85.3 Å². The molecular weight excluding hydrogens is 526 g/mol. The van der Waals surface area contributed by atoms with Gasteiger partial charge in [-0.05, 0) is 41.3 Å². The third-order valence-electron chi connectivity index (χ3n) is 8.64. The van der Waals surface area contributed by atoms with E-state index in [4.69, 9.17) is 17.3 Å². The van der Waals surface area contributed by atoms with E-state index in [-0.39, 0.29) is 11.8 Å². The molecule has 2 aromatic heterocycles. The van der Waals surface area contributed by atoms with E-state index in [0.29, 0.717) is 23.8 Å². The number of nitrogen functional groups attached to an aromatic ring is 1. The van der Waals surface area contributed by atoms with Crippen LogP contribution in [0.15, 0.2) is 96.5 Å². The van der Waals surface area contributed by atoms with Crippen molar-refractivity contribution < 1.29 is 4.79 Å². The molecular formula is C34H27N5OS. The van der Waals surface area contributed by atoms with Crippen LogP contribution in [0.2, 0.25) is 0 Å². The van der Waals surface area contributed by atoms with Crippen molar-refractivity contribution in [3.05, 3.63) is 141 Å². The van der Waals surface area contributed by atoms with Gasteiger partial charge in [0.15, 0.2) is 5.13 Å². The van der Waals surface area contributed by atoms with Crippen molar-refractivity contribution in [2.24, 2.45) is 5.41 Å². The van der Waals surface area contributed by atoms with Crippen LogP contribution in [0.25, 0.3) is 16.0 Å². The second kappa shape index (κ2) is 9.39. The largest absolute Gasteiger partial charge is 0.384 e. The van der Waals surface area contributed by atoms with Crippen LogP contribution < -0.4 is 11.1 Å². The number of nitrogens with one attached hydrogen (secondary N) is 1. The van der Waals surface area contributed by atoms with E-state index < -0.39 is 11.0 Å². The summed E-state index contributed by atoms with van der Waals surface area (Å²) in [5.41, 5.74) is 12.3. The van der Waals surface area contributed by atoms with Crippen molar-refractivity contribution in [3.8, 4) is 11.1 Å². The Morgan fingerprint density at radius 2 is 1.66 bits per heavy atom. The van der Waals surface area contributed by atoms with Crippen LogP contribution in [0.1, 0.15) is 52.8 Å². The summed E-state index contributed by atoms with van der Waals surface area (Å²) in [7, 11) is 0. The Balaban J connectivity index is 1.13. The number of thiazole rings is 1. The Labute approximate surface area is 242 Å². The van der Waals surface area contributed by atoms with Crippen molar-refractivity contribution in [3.63, 3.8) is 0 Å². The van der Waals surface area contributed by atoms with E-state index in [2.05, 4.69) is 63.7 Å². The molecule has 2 heterocycles. The number of nitrogens with two attached hydrogens (primary N) is 1. The highest BCUT2D eigenvalue weighted by Crippen LogP contribution is 2.64. The molecule has 3 N–H and O–H groups in total. The maximum atomic E-state index is 14.1. The molecule has 0 aliphatic heterocycles. The first kappa shape index (κ1) is 25.2. The number of hydrogen-bond acceptors (Lipinski definition) is 5. The van der Waals surface area contributed by atoms with Crippen LogP contribution in [-0.2, 0) is 16.8 Å². The molecule has 1 atom stereocenters. The molecule has 0 fully saturated rings. The van der Waals surface area contributed by atoms with Crippen molar-refractivity contribution >= 4 is 28.2 Å². The molecule has 5 aromatic rings. The van der Waals surface area contributed by atoms with Crippen LogP contribution in [-0.4, -0.2) is 15.9 Å². The molecule has 1 unspecified atom stereocenters. The third kappa shape index (κ3) is 3.94. The Morgan fingerprint density at radius 1 is 1.00 bits per heavy atom. The lowest BCUT2D eigenvalue weighted by Gasteiger charge is -2.51. The number of pyridine rings is 1. The molecule has 0 spiro atoms. The van der Waals surface area contributed by atoms with Crippen molar-refractivity contribution in [2.45, 2.75) is 31.2 Å². The number of fused-ring (bicyclic) bond motifs is 1. The van der Waals surface area contributed by atoms with Crippen LogP contribution in [0.5, 0.6) is 0 Å². The van der Waals surface area contributed by atoms with Crippen LogP contribution in [0, 0.1) is 12.0 Å². The fraction of sp³-hybridized carbons (Fsp3) is 0.176. The Bertz CT molecular complexity index is 1790. The summed E-state index contributed by atoms with van der Waals surface area (Å²) in [5.74, 6) is 0.275. The van der Waals surface area contributed by atoms with Crippen LogP contribution in [0.4, 0.5) is 10.9 Å². The van der Waals surface area contributed by atoms with Crippen LogP contribution >= 0.6 is 11.3 Å². The maximum Gasteiger partial charge on any atom is 0.284 e. The average Bonchev–Trinajstić information content (AvgIpc) is 3.44. The predicted molar refractivity (Wildman–Crippen MR) is 162 cm³/mol. The molecule has 3 aromatic carbocycles. The molecule has 2 bridgehead atoms. The summed E-state index contributed by atoms with van der Waals surface area (Å²) in [4.78, 5) is 27.2. The van der Waals surface area contributed by atoms with Gasteiger partial charge in [0.1, 0.15) is 5.82 Å². The smallest absolute Gasteiger partial charge is 0.284 e. The van der Waals surface area contributed by atoms with Gasteiger partial charge in [-0.3, -0.25) is 9.64 Å². The average molecular weight is 554 g/mol. The first-order valence-electron chi connectivity index (χ1n) is 13.6. The molecule has 200 valence electrons. The van der Waals surface area contributed by atoms with Crippen molar-refractivity contribution in [1.29, 1.82) is 0 Å². The van der Waals surface area contributed by atoms with Gasteiger partial charge in [-0.1, -0.05) is 72.8 Å². The number of carbonyl (C=O) groups excluding carboxylic acids is 1. The number of benzene rings is 3. The first-order chi connectivity index (χ1) is 19.9. The minimum atomic E-state index is -0.878. The molecule has 0 saturated carbocycles. The summed E-state index contributed by atoms with van der Waals surface area (Å²) in [6.45, 7) is 10.3. The van der Waals surface area contributed by atoms with Gasteiger partial charge < -0.3 is 11.1 Å². The fourth-order valence-electron chi connectivity index (χ4n) is 6.73. The monoisotopic (exact) mass is 553 g/mol. The van der Waals surface area contributed by atoms with E-state index in [1.165, 1.54) is 11.3 Å². The van der Waals surface area contributed by atoms with Gasteiger partial charge in [0.2, 0.25) is 5.91 Å². The molecule has 0 radical (unpaired) electrons. The molecule has 8 rings (SSSR count). The zero-order chi connectivity index (χ0) is 28.2. The number of carbonyl (C=O) groups is 1. The fourth-order valence-corrected chi connectivity index (χ4v) is 7.44. The third-order valence-corrected chi connectivity index (χ3v) is 9.44. The van der Waals surface area contributed by atoms with Gasteiger partial charge in [-0.25, -0.2) is 16.5 Å². The normalized spacial score (nSPS) is 21.9. The molecule has 1 amide bonds. The van der Waals surface area contributed by atoms with Crippen molar-refractivity contribution in [2.75, 3.05) is 11.1 Å². The number of rotatable bonds is 5. The van der Waals surface area contributed by atoms with E-state index in [9.17, 15) is 4.79 Å². The number of hydrogen-bond donors (Lipinski definition) is 2. The zero-order valence-electron chi connectivity index (χ0n) is 22.5. The lowest BCUT2D eigenvalue weighted by atomic mass is 9.49. The zero-order valence-corrected chi connectivity index (χ0v) is 23.3. The van der Waals surface area contributed by atoms with Gasteiger partial charge in [-0.2, -0.15) is 0 Å². The summed E-state index contributed by atoms with van der Waals surface area (Å²) < 4.78 is 0. The minimum absolute atomic E-state index is 0.0955. The van der Waals surface area contributed by atoms with Crippen molar-refractivity contribution in [1.82, 2.24) is 9.97 Å². The summed E-state index contributed by atoms with van der Waals surface area (Å²) in [6.07, 6.45) is 2.87. The summed E-state index contributed by atoms with van der Waals surface area (Å²) >= 11 is 1.43.